The number of sulfone groups is 1. The molecule has 0 spiro atoms. The summed E-state index contributed by atoms with van der Waals surface area (Å²) < 4.78 is 42.0. The Morgan fingerprint density at radius 2 is 1.96 bits per heavy atom. The highest BCUT2D eigenvalue weighted by Gasteiger charge is 2.24. The van der Waals surface area contributed by atoms with Crippen LogP contribution in [0.5, 0.6) is 5.75 Å². The number of halogens is 1. The molecule has 0 saturated carbocycles. The van der Waals surface area contributed by atoms with E-state index in [0.717, 1.165) is 17.7 Å². The molecule has 2 aromatic carbocycles. The monoisotopic (exact) mass is 349 g/mol. The van der Waals surface area contributed by atoms with Crippen molar-refractivity contribution < 1.29 is 17.5 Å². The first kappa shape index (κ1) is 16.8. The van der Waals surface area contributed by atoms with Crippen molar-refractivity contribution in [2.45, 2.75) is 25.5 Å². The zero-order valence-electron chi connectivity index (χ0n) is 13.2. The minimum absolute atomic E-state index is 0.0592. The molecule has 0 unspecified atom stereocenters. The number of hydrogen-bond donors (Lipinski definition) is 1. The third kappa shape index (κ3) is 4.71. The minimum atomic E-state index is -2.94. The molecule has 1 aliphatic heterocycles. The first-order valence-corrected chi connectivity index (χ1v) is 9.77. The quantitative estimate of drug-likeness (QED) is 0.899. The van der Waals surface area contributed by atoms with Crippen LogP contribution in [0, 0.1) is 5.82 Å². The number of benzene rings is 2. The van der Waals surface area contributed by atoms with Gasteiger partial charge < -0.3 is 10.1 Å². The summed E-state index contributed by atoms with van der Waals surface area (Å²) in [6, 6.07) is 13.6. The number of hydrogen-bond acceptors (Lipinski definition) is 4. The highest BCUT2D eigenvalue weighted by molar-refractivity contribution is 7.91. The highest BCUT2D eigenvalue weighted by atomic mass is 32.2. The van der Waals surface area contributed by atoms with Gasteiger partial charge in [0.15, 0.2) is 9.84 Å². The van der Waals surface area contributed by atoms with Gasteiger partial charge in [-0.2, -0.15) is 0 Å². The van der Waals surface area contributed by atoms with Crippen molar-refractivity contribution in [1.82, 2.24) is 0 Å². The summed E-state index contributed by atoms with van der Waals surface area (Å²) in [5.74, 6) is 0.870. The second-order valence-corrected chi connectivity index (χ2v) is 8.27. The Labute approximate surface area is 141 Å². The van der Waals surface area contributed by atoms with E-state index < -0.39 is 9.84 Å². The first-order valence-electron chi connectivity index (χ1n) is 7.94. The Balaban J connectivity index is 1.60. The van der Waals surface area contributed by atoms with Crippen LogP contribution in [0.4, 0.5) is 10.1 Å². The lowest BCUT2D eigenvalue weighted by atomic mass is 10.1. The van der Waals surface area contributed by atoms with Gasteiger partial charge in [0.25, 0.3) is 0 Å². The lowest BCUT2D eigenvalue weighted by Gasteiger charge is -2.24. The summed E-state index contributed by atoms with van der Waals surface area (Å²) >= 11 is 0. The predicted molar refractivity (Wildman–Crippen MR) is 92.5 cm³/mol. The molecule has 1 saturated heterocycles. The SMILES string of the molecule is O=S1(=O)CCC[C@H](Nc2cccc(OCc3ccc(F)cc3)c2)C1. The van der Waals surface area contributed by atoms with Gasteiger partial charge in [0.2, 0.25) is 0 Å². The van der Waals surface area contributed by atoms with Gasteiger partial charge in [-0.05, 0) is 42.7 Å². The number of nitrogens with one attached hydrogen (secondary N) is 1. The summed E-state index contributed by atoms with van der Waals surface area (Å²) in [6.07, 6.45) is 1.54. The summed E-state index contributed by atoms with van der Waals surface area (Å²) in [5, 5.41) is 3.27. The third-order valence-corrected chi connectivity index (χ3v) is 5.81. The van der Waals surface area contributed by atoms with E-state index in [4.69, 9.17) is 4.74 Å². The van der Waals surface area contributed by atoms with Crippen LogP contribution in [0.15, 0.2) is 48.5 Å². The van der Waals surface area contributed by atoms with Crippen molar-refractivity contribution in [3.8, 4) is 5.75 Å². The van der Waals surface area contributed by atoms with E-state index >= 15 is 0 Å². The average molecular weight is 349 g/mol. The van der Waals surface area contributed by atoms with Gasteiger partial charge in [0.05, 0.1) is 11.5 Å². The predicted octanol–water partition coefficient (Wildman–Crippen LogP) is 3.39. The molecule has 128 valence electrons. The molecule has 1 fully saturated rings. The van der Waals surface area contributed by atoms with E-state index in [-0.39, 0.29) is 23.4 Å². The molecule has 1 heterocycles. The first-order chi connectivity index (χ1) is 11.5. The topological polar surface area (TPSA) is 55.4 Å². The lowest BCUT2D eigenvalue weighted by molar-refractivity contribution is 0.306. The molecular weight excluding hydrogens is 329 g/mol. The molecule has 24 heavy (non-hydrogen) atoms. The molecule has 6 heteroatoms. The van der Waals surface area contributed by atoms with Gasteiger partial charge >= 0.3 is 0 Å². The van der Waals surface area contributed by atoms with Crippen molar-refractivity contribution in [3.05, 3.63) is 59.9 Å². The van der Waals surface area contributed by atoms with Crippen LogP contribution in [-0.2, 0) is 16.4 Å². The molecule has 0 aliphatic carbocycles. The molecule has 0 aromatic heterocycles. The van der Waals surface area contributed by atoms with E-state index in [1.165, 1.54) is 12.1 Å². The number of anilines is 1. The van der Waals surface area contributed by atoms with E-state index in [9.17, 15) is 12.8 Å². The minimum Gasteiger partial charge on any atom is -0.489 e. The average Bonchev–Trinajstić information content (AvgIpc) is 2.54. The summed E-state index contributed by atoms with van der Waals surface area (Å²) in [6.45, 7) is 0.349. The van der Waals surface area contributed by atoms with Gasteiger partial charge in [-0.15, -0.1) is 0 Å². The molecule has 2 aromatic rings. The molecule has 0 radical (unpaired) electrons. The van der Waals surface area contributed by atoms with Gasteiger partial charge in [-0.25, -0.2) is 12.8 Å². The maximum absolute atomic E-state index is 12.9. The van der Waals surface area contributed by atoms with Crippen molar-refractivity contribution in [3.63, 3.8) is 0 Å². The van der Waals surface area contributed by atoms with Crippen LogP contribution in [0.25, 0.3) is 0 Å². The van der Waals surface area contributed by atoms with Crippen LogP contribution < -0.4 is 10.1 Å². The Bertz CT molecular complexity index is 790. The molecule has 3 rings (SSSR count). The summed E-state index contributed by atoms with van der Waals surface area (Å²) in [4.78, 5) is 0. The molecule has 1 atom stereocenters. The van der Waals surface area contributed by atoms with Crippen molar-refractivity contribution in [1.29, 1.82) is 0 Å². The fraction of sp³-hybridized carbons (Fsp3) is 0.333. The van der Waals surface area contributed by atoms with Gasteiger partial charge in [-0.3, -0.25) is 0 Å². The Hall–Kier alpha value is -2.08. The second kappa shape index (κ2) is 7.21. The molecule has 4 nitrogen and oxygen atoms in total. The Kier molecular flexibility index (Phi) is 5.04. The summed E-state index contributed by atoms with van der Waals surface area (Å²) in [7, 11) is -2.94. The van der Waals surface area contributed by atoms with Crippen LogP contribution in [0.2, 0.25) is 0 Å². The number of rotatable bonds is 5. The van der Waals surface area contributed by atoms with Crippen LogP contribution in [0.3, 0.4) is 0 Å². The fourth-order valence-electron chi connectivity index (χ4n) is 2.80. The van der Waals surface area contributed by atoms with Crippen molar-refractivity contribution in [2.75, 3.05) is 16.8 Å². The maximum Gasteiger partial charge on any atom is 0.152 e. The standard InChI is InChI=1S/C18H20FNO3S/c19-15-8-6-14(7-9-15)12-23-18-5-1-3-16(11-18)20-17-4-2-10-24(21,22)13-17/h1,3,5-9,11,17,20H,2,4,10,12-13H2/t17-/m0/s1. The molecule has 0 amide bonds. The molecule has 1 aliphatic rings. The second-order valence-electron chi connectivity index (χ2n) is 6.04. The molecular formula is C18H20FNO3S. The van der Waals surface area contributed by atoms with Crippen molar-refractivity contribution in [2.24, 2.45) is 0 Å². The fourth-order valence-corrected chi connectivity index (χ4v) is 4.43. The van der Waals surface area contributed by atoms with Crippen molar-refractivity contribution >= 4 is 15.5 Å². The number of ether oxygens (including phenoxy) is 1. The van der Waals surface area contributed by atoms with Crippen LogP contribution in [0.1, 0.15) is 18.4 Å². The van der Waals surface area contributed by atoms with E-state index in [1.807, 2.05) is 24.3 Å². The molecule has 0 bridgehead atoms. The smallest absolute Gasteiger partial charge is 0.152 e. The van der Waals surface area contributed by atoms with E-state index in [2.05, 4.69) is 5.32 Å². The normalized spacial score (nSPS) is 19.6. The summed E-state index contributed by atoms with van der Waals surface area (Å²) in [5.41, 5.74) is 1.72. The van der Waals surface area contributed by atoms with Gasteiger partial charge in [0.1, 0.15) is 18.2 Å². The Morgan fingerprint density at radius 3 is 2.71 bits per heavy atom. The zero-order valence-corrected chi connectivity index (χ0v) is 14.1. The zero-order chi connectivity index (χ0) is 17.0. The van der Waals surface area contributed by atoms with Gasteiger partial charge in [-0.1, -0.05) is 18.2 Å². The largest absolute Gasteiger partial charge is 0.489 e. The van der Waals surface area contributed by atoms with Crippen LogP contribution in [-0.4, -0.2) is 26.0 Å². The third-order valence-electron chi connectivity index (χ3n) is 3.99. The van der Waals surface area contributed by atoms with E-state index in [0.29, 0.717) is 18.8 Å². The Morgan fingerprint density at radius 1 is 1.17 bits per heavy atom. The van der Waals surface area contributed by atoms with Crippen LogP contribution >= 0.6 is 0 Å². The highest BCUT2D eigenvalue weighted by Crippen LogP contribution is 2.22. The maximum atomic E-state index is 12.9. The lowest BCUT2D eigenvalue weighted by Crippen LogP contribution is -2.34. The molecule has 1 N–H and O–H groups in total. The van der Waals surface area contributed by atoms with E-state index in [1.54, 1.807) is 12.1 Å². The van der Waals surface area contributed by atoms with Gasteiger partial charge in [0, 0.05) is 17.8 Å².